The summed E-state index contributed by atoms with van der Waals surface area (Å²) in [6, 6.07) is 14.2. The number of thiocarbonyl (C=S) groups is 1. The molecular weight excluding hydrogens is 430 g/mol. The van der Waals surface area contributed by atoms with Crippen LogP contribution in [0.25, 0.3) is 6.08 Å². The number of carbonyl (C=O) groups is 1. The van der Waals surface area contributed by atoms with E-state index in [4.69, 9.17) is 12.2 Å². The molecule has 1 aliphatic rings. The van der Waals surface area contributed by atoms with Crippen molar-refractivity contribution in [3.05, 3.63) is 65.7 Å². The Kier molecular flexibility index (Phi) is 7.95. The quantitative estimate of drug-likeness (QED) is 0.522. The first-order valence-corrected chi connectivity index (χ1v) is 12.2. The fraction of sp³-hybridized carbons (Fsp3) is 0.304. The molecule has 1 saturated heterocycles. The second-order valence-corrected chi connectivity index (χ2v) is 9.88. The van der Waals surface area contributed by atoms with Gasteiger partial charge in [0, 0.05) is 24.9 Å². The number of rotatable bonds is 5. The van der Waals surface area contributed by atoms with E-state index in [-0.39, 0.29) is 15.9 Å². The first-order valence-electron chi connectivity index (χ1n) is 10.3. The predicted octanol–water partition coefficient (Wildman–Crippen LogP) is 4.09. The molecule has 31 heavy (non-hydrogen) atoms. The largest absolute Gasteiger partial charge is 0.332 e. The summed E-state index contributed by atoms with van der Waals surface area (Å²) >= 11 is 5.18. The van der Waals surface area contributed by atoms with Gasteiger partial charge >= 0.3 is 0 Å². The maximum atomic E-state index is 12.8. The van der Waals surface area contributed by atoms with Crippen molar-refractivity contribution in [1.82, 2.24) is 9.62 Å². The molecule has 0 aromatic heterocycles. The monoisotopic (exact) mass is 457 g/mol. The lowest BCUT2D eigenvalue weighted by Gasteiger charge is -2.20. The summed E-state index contributed by atoms with van der Waals surface area (Å²) in [6.45, 7) is 3.13. The Bertz CT molecular complexity index is 1040. The number of sulfonamides is 1. The van der Waals surface area contributed by atoms with E-state index < -0.39 is 10.0 Å². The number of hydrogen-bond acceptors (Lipinski definition) is 4. The topological polar surface area (TPSA) is 78.5 Å². The maximum absolute atomic E-state index is 12.8. The Balaban J connectivity index is 1.55. The van der Waals surface area contributed by atoms with Gasteiger partial charge in [0.2, 0.25) is 15.9 Å². The van der Waals surface area contributed by atoms with Gasteiger partial charge in [-0.15, -0.1) is 0 Å². The SMILES string of the molecule is Cc1ccc(/C=C/C(=O)NC(=S)Nc2ccc(S(=O)(=O)N3CCCCCC3)cc2)cc1. The molecule has 1 heterocycles. The van der Waals surface area contributed by atoms with E-state index in [9.17, 15) is 13.2 Å². The third kappa shape index (κ3) is 6.72. The Morgan fingerprint density at radius 1 is 0.968 bits per heavy atom. The van der Waals surface area contributed by atoms with Crippen molar-refractivity contribution in [1.29, 1.82) is 0 Å². The minimum absolute atomic E-state index is 0.140. The third-order valence-corrected chi connectivity index (χ3v) is 7.17. The smallest absolute Gasteiger partial charge is 0.250 e. The molecule has 0 atom stereocenters. The van der Waals surface area contributed by atoms with Crippen LogP contribution < -0.4 is 10.6 Å². The van der Waals surface area contributed by atoms with Crippen molar-refractivity contribution in [3.63, 3.8) is 0 Å². The zero-order valence-electron chi connectivity index (χ0n) is 17.5. The van der Waals surface area contributed by atoms with Gasteiger partial charge in [-0.1, -0.05) is 42.7 Å². The van der Waals surface area contributed by atoms with Crippen molar-refractivity contribution in [3.8, 4) is 0 Å². The van der Waals surface area contributed by atoms with Crippen molar-refractivity contribution < 1.29 is 13.2 Å². The molecule has 0 spiro atoms. The van der Waals surface area contributed by atoms with Crippen molar-refractivity contribution in [2.75, 3.05) is 18.4 Å². The molecule has 0 unspecified atom stereocenters. The second-order valence-electron chi connectivity index (χ2n) is 7.53. The van der Waals surface area contributed by atoms with E-state index in [1.54, 1.807) is 34.6 Å². The molecule has 8 heteroatoms. The highest BCUT2D eigenvalue weighted by molar-refractivity contribution is 7.89. The minimum Gasteiger partial charge on any atom is -0.332 e. The van der Waals surface area contributed by atoms with Gasteiger partial charge in [0.25, 0.3) is 0 Å². The van der Waals surface area contributed by atoms with Crippen LogP contribution in [0.5, 0.6) is 0 Å². The summed E-state index contributed by atoms with van der Waals surface area (Å²) in [5.74, 6) is -0.349. The molecular formula is C23H27N3O3S2. The van der Waals surface area contributed by atoms with E-state index in [2.05, 4.69) is 10.6 Å². The maximum Gasteiger partial charge on any atom is 0.250 e. The van der Waals surface area contributed by atoms with Crippen LogP contribution in [-0.2, 0) is 14.8 Å². The Morgan fingerprint density at radius 3 is 2.19 bits per heavy atom. The minimum atomic E-state index is -3.49. The van der Waals surface area contributed by atoms with E-state index >= 15 is 0 Å². The fourth-order valence-electron chi connectivity index (χ4n) is 3.31. The summed E-state index contributed by atoms with van der Waals surface area (Å²) in [4.78, 5) is 12.3. The summed E-state index contributed by atoms with van der Waals surface area (Å²) in [7, 11) is -3.49. The molecule has 164 valence electrons. The Labute approximate surface area is 189 Å². The number of benzene rings is 2. The van der Waals surface area contributed by atoms with Crippen LogP contribution >= 0.6 is 12.2 Å². The van der Waals surface area contributed by atoms with E-state index in [0.29, 0.717) is 18.8 Å². The summed E-state index contributed by atoms with van der Waals surface area (Å²) in [5.41, 5.74) is 2.67. The van der Waals surface area contributed by atoms with Crippen molar-refractivity contribution >= 4 is 45.0 Å². The number of nitrogens with one attached hydrogen (secondary N) is 2. The zero-order chi connectivity index (χ0) is 22.3. The fourth-order valence-corrected chi connectivity index (χ4v) is 5.04. The number of nitrogens with zero attached hydrogens (tertiary/aromatic N) is 1. The van der Waals surface area contributed by atoms with Crippen molar-refractivity contribution in [2.24, 2.45) is 0 Å². The molecule has 6 nitrogen and oxygen atoms in total. The summed E-state index contributed by atoms with van der Waals surface area (Å²) in [5, 5.41) is 5.63. The lowest BCUT2D eigenvalue weighted by atomic mass is 10.1. The Morgan fingerprint density at radius 2 is 1.58 bits per heavy atom. The van der Waals surface area contributed by atoms with Gasteiger partial charge in [-0.3, -0.25) is 10.1 Å². The molecule has 2 N–H and O–H groups in total. The molecule has 3 rings (SSSR count). The van der Waals surface area contributed by atoms with Crippen molar-refractivity contribution in [2.45, 2.75) is 37.5 Å². The number of amides is 1. The molecule has 0 saturated carbocycles. The Hall–Kier alpha value is -2.55. The van der Waals surface area contributed by atoms with Crippen LogP contribution in [0.1, 0.15) is 36.8 Å². The first kappa shape index (κ1) is 23.1. The van der Waals surface area contributed by atoms with E-state index in [1.807, 2.05) is 31.2 Å². The van der Waals surface area contributed by atoms with Crippen LogP contribution in [0.15, 0.2) is 59.5 Å². The molecule has 1 fully saturated rings. The second kappa shape index (κ2) is 10.7. The molecule has 0 radical (unpaired) electrons. The van der Waals surface area contributed by atoms with Gasteiger partial charge < -0.3 is 5.32 Å². The molecule has 1 amide bonds. The lowest BCUT2D eigenvalue weighted by molar-refractivity contribution is -0.115. The molecule has 0 aliphatic carbocycles. The van der Waals surface area contributed by atoms with Gasteiger partial charge in [-0.05, 0) is 67.9 Å². The highest BCUT2D eigenvalue weighted by atomic mass is 32.2. The standard InChI is InChI=1S/C23H27N3O3S2/c1-18-6-8-19(9-7-18)10-15-22(27)25-23(30)24-20-11-13-21(14-12-20)31(28,29)26-16-4-2-3-5-17-26/h6-15H,2-5,16-17H2,1H3,(H2,24,25,27,30)/b15-10+. The van der Waals surface area contributed by atoms with Crippen LogP contribution in [0, 0.1) is 6.92 Å². The molecule has 0 bridgehead atoms. The van der Waals surface area contributed by atoms with E-state index in [1.165, 1.54) is 6.08 Å². The average molecular weight is 458 g/mol. The lowest BCUT2D eigenvalue weighted by Crippen LogP contribution is -2.33. The highest BCUT2D eigenvalue weighted by Gasteiger charge is 2.24. The van der Waals surface area contributed by atoms with Crippen LogP contribution in [-0.4, -0.2) is 36.8 Å². The summed E-state index contributed by atoms with van der Waals surface area (Å²) < 4.78 is 27.2. The molecule has 2 aromatic carbocycles. The third-order valence-electron chi connectivity index (χ3n) is 5.06. The van der Waals surface area contributed by atoms with Crippen LogP contribution in [0.4, 0.5) is 5.69 Å². The first-order chi connectivity index (χ1) is 14.8. The zero-order valence-corrected chi connectivity index (χ0v) is 19.1. The van der Waals surface area contributed by atoms with Gasteiger partial charge in [0.15, 0.2) is 5.11 Å². The number of hydrogen-bond donors (Lipinski definition) is 2. The predicted molar refractivity (Wildman–Crippen MR) is 128 cm³/mol. The van der Waals surface area contributed by atoms with Gasteiger partial charge in [0.1, 0.15) is 0 Å². The van der Waals surface area contributed by atoms with Crippen LogP contribution in [0.3, 0.4) is 0 Å². The number of anilines is 1. The highest BCUT2D eigenvalue weighted by Crippen LogP contribution is 2.21. The number of aryl methyl sites for hydroxylation is 1. The van der Waals surface area contributed by atoms with Gasteiger partial charge in [-0.2, -0.15) is 4.31 Å². The van der Waals surface area contributed by atoms with Crippen LogP contribution in [0.2, 0.25) is 0 Å². The van der Waals surface area contributed by atoms with Gasteiger partial charge in [-0.25, -0.2) is 8.42 Å². The van der Waals surface area contributed by atoms with E-state index in [0.717, 1.165) is 36.8 Å². The van der Waals surface area contributed by atoms with Gasteiger partial charge in [0.05, 0.1) is 4.90 Å². The number of carbonyl (C=O) groups excluding carboxylic acids is 1. The summed E-state index contributed by atoms with van der Waals surface area (Å²) in [6.07, 6.45) is 7.04. The molecule has 2 aromatic rings. The molecule has 1 aliphatic heterocycles. The average Bonchev–Trinajstić information content (AvgIpc) is 3.04. The normalized spacial score (nSPS) is 15.4.